The van der Waals surface area contributed by atoms with Gasteiger partial charge in [0, 0.05) is 12.1 Å². The number of rotatable bonds is 0. The zero-order chi connectivity index (χ0) is 8.60. The normalized spacial score (nSPS) is 37.4. The van der Waals surface area contributed by atoms with Gasteiger partial charge in [0.2, 0.25) is 0 Å². The van der Waals surface area contributed by atoms with E-state index in [2.05, 4.69) is 5.32 Å². The molecule has 3 N–H and O–H groups in total. The number of aliphatic hydroxyl groups excluding tert-OH is 2. The highest BCUT2D eigenvalue weighted by Crippen LogP contribution is 2.35. The summed E-state index contributed by atoms with van der Waals surface area (Å²) in [6.07, 6.45) is 4.57. The third-order valence-electron chi connectivity index (χ3n) is 3.34. The molecule has 0 amide bonds. The van der Waals surface area contributed by atoms with Crippen molar-refractivity contribution in [2.75, 3.05) is 6.54 Å². The summed E-state index contributed by atoms with van der Waals surface area (Å²) < 4.78 is 0. The number of hydrogen-bond donors (Lipinski definition) is 3. The first-order valence-electron chi connectivity index (χ1n) is 4.86. The van der Waals surface area contributed by atoms with Crippen LogP contribution in [0.1, 0.15) is 32.1 Å². The van der Waals surface area contributed by atoms with E-state index in [1.54, 1.807) is 0 Å². The Morgan fingerprint density at radius 3 is 2.15 bits per heavy atom. The van der Waals surface area contributed by atoms with Gasteiger partial charge in [-0.1, -0.05) is 19.3 Å². The van der Waals surface area contributed by atoms with E-state index >= 15 is 0 Å². The fourth-order valence-corrected chi connectivity index (χ4v) is 2.55. The summed E-state index contributed by atoms with van der Waals surface area (Å²) >= 11 is 0. The molecule has 2 unspecified atom stereocenters. The molecule has 1 saturated heterocycles. The van der Waals surface area contributed by atoms with E-state index in [1.165, 1.54) is 19.3 Å². The minimum absolute atomic E-state index is 0. The number of nitrogens with one attached hydrogen (secondary N) is 1. The van der Waals surface area contributed by atoms with Gasteiger partial charge in [-0.05, 0) is 12.8 Å². The van der Waals surface area contributed by atoms with Crippen molar-refractivity contribution in [3.05, 3.63) is 0 Å². The smallest absolute Gasteiger partial charge is 0.0992 e. The zero-order valence-corrected chi connectivity index (χ0v) is 8.52. The van der Waals surface area contributed by atoms with Crippen LogP contribution < -0.4 is 5.32 Å². The number of hydrogen-bond acceptors (Lipinski definition) is 3. The van der Waals surface area contributed by atoms with Crippen molar-refractivity contribution in [1.29, 1.82) is 0 Å². The average molecular weight is 208 g/mol. The number of β-amino-alcohol motifs (C(OH)–C–C–N with tert-alkyl or cyclic N) is 1. The topological polar surface area (TPSA) is 52.5 Å². The van der Waals surface area contributed by atoms with Crippen LogP contribution in [0.15, 0.2) is 0 Å². The van der Waals surface area contributed by atoms with E-state index in [1.807, 2.05) is 0 Å². The predicted octanol–water partition coefficient (Wildman–Crippen LogP) is 0.436. The Balaban J connectivity index is 0.000000845. The van der Waals surface area contributed by atoms with Crippen LogP contribution in [0.25, 0.3) is 0 Å². The molecule has 1 heterocycles. The van der Waals surface area contributed by atoms with Gasteiger partial charge in [0.15, 0.2) is 0 Å². The standard InChI is InChI=1S/C9H17NO2.ClH/c11-7-6-10-9(8(7)12)4-2-1-3-5-9;/h7-8,10-12H,1-6H2;1H. The van der Waals surface area contributed by atoms with Gasteiger partial charge < -0.3 is 15.5 Å². The van der Waals surface area contributed by atoms with Gasteiger partial charge in [-0.2, -0.15) is 0 Å². The summed E-state index contributed by atoms with van der Waals surface area (Å²) in [6, 6.07) is 0. The van der Waals surface area contributed by atoms with Crippen LogP contribution in [0.2, 0.25) is 0 Å². The summed E-state index contributed by atoms with van der Waals surface area (Å²) in [5, 5.41) is 22.4. The maximum absolute atomic E-state index is 9.76. The quantitative estimate of drug-likeness (QED) is 0.540. The molecule has 1 saturated carbocycles. The van der Waals surface area contributed by atoms with Gasteiger partial charge in [0.1, 0.15) is 0 Å². The minimum Gasteiger partial charge on any atom is -0.389 e. The molecule has 0 bridgehead atoms. The molecule has 4 heteroatoms. The maximum Gasteiger partial charge on any atom is 0.0992 e. The van der Waals surface area contributed by atoms with Crippen LogP contribution in [0.3, 0.4) is 0 Å². The van der Waals surface area contributed by atoms with Crippen LogP contribution in [-0.2, 0) is 0 Å². The summed E-state index contributed by atoms with van der Waals surface area (Å²) in [4.78, 5) is 0. The Morgan fingerprint density at radius 2 is 1.69 bits per heavy atom. The van der Waals surface area contributed by atoms with Crippen molar-refractivity contribution < 1.29 is 10.2 Å². The Hall–Kier alpha value is 0.170. The van der Waals surface area contributed by atoms with Gasteiger partial charge in [-0.15, -0.1) is 12.4 Å². The fourth-order valence-electron chi connectivity index (χ4n) is 2.55. The molecular formula is C9H18ClNO2. The number of aliphatic hydroxyl groups is 2. The van der Waals surface area contributed by atoms with Crippen LogP contribution in [0.5, 0.6) is 0 Å². The average Bonchev–Trinajstić information content (AvgIpc) is 2.37. The van der Waals surface area contributed by atoms with Crippen molar-refractivity contribution >= 4 is 12.4 Å². The second-order valence-electron chi connectivity index (χ2n) is 4.11. The summed E-state index contributed by atoms with van der Waals surface area (Å²) in [5.41, 5.74) is -0.141. The molecule has 2 aliphatic rings. The molecule has 0 aromatic heterocycles. The van der Waals surface area contributed by atoms with Gasteiger partial charge in [0.25, 0.3) is 0 Å². The van der Waals surface area contributed by atoms with Crippen molar-refractivity contribution in [2.24, 2.45) is 0 Å². The van der Waals surface area contributed by atoms with Gasteiger partial charge in [-0.3, -0.25) is 0 Å². The van der Waals surface area contributed by atoms with Crippen LogP contribution in [0, 0.1) is 0 Å². The molecule has 1 aliphatic heterocycles. The second-order valence-corrected chi connectivity index (χ2v) is 4.11. The molecule has 0 aromatic rings. The molecule has 78 valence electrons. The predicted molar refractivity (Wildman–Crippen MR) is 53.1 cm³/mol. The molecule has 2 rings (SSSR count). The van der Waals surface area contributed by atoms with Crippen LogP contribution >= 0.6 is 12.4 Å². The monoisotopic (exact) mass is 207 g/mol. The van der Waals surface area contributed by atoms with E-state index in [-0.39, 0.29) is 17.9 Å². The fraction of sp³-hybridized carbons (Fsp3) is 1.00. The van der Waals surface area contributed by atoms with E-state index in [4.69, 9.17) is 0 Å². The van der Waals surface area contributed by atoms with Crippen molar-refractivity contribution in [2.45, 2.75) is 49.9 Å². The Morgan fingerprint density at radius 1 is 1.08 bits per heavy atom. The maximum atomic E-state index is 9.76. The van der Waals surface area contributed by atoms with Crippen LogP contribution in [0.4, 0.5) is 0 Å². The third-order valence-corrected chi connectivity index (χ3v) is 3.34. The highest BCUT2D eigenvalue weighted by atomic mass is 35.5. The van der Waals surface area contributed by atoms with Crippen LogP contribution in [-0.4, -0.2) is 34.5 Å². The first-order chi connectivity index (χ1) is 5.75. The minimum atomic E-state index is -0.553. The first kappa shape index (κ1) is 11.2. The molecule has 1 aliphatic carbocycles. The Bertz CT molecular complexity index is 165. The highest BCUT2D eigenvalue weighted by molar-refractivity contribution is 5.85. The first-order valence-corrected chi connectivity index (χ1v) is 4.86. The SMILES string of the molecule is Cl.OC1CNC2(CCCCC2)C1O. The number of halogens is 1. The summed E-state index contributed by atoms with van der Waals surface area (Å²) in [5.74, 6) is 0. The zero-order valence-electron chi connectivity index (χ0n) is 7.70. The molecule has 0 radical (unpaired) electrons. The van der Waals surface area contributed by atoms with Gasteiger partial charge in [-0.25, -0.2) is 0 Å². The lowest BCUT2D eigenvalue weighted by atomic mass is 9.78. The van der Waals surface area contributed by atoms with Gasteiger partial charge >= 0.3 is 0 Å². The molecule has 3 nitrogen and oxygen atoms in total. The molecular weight excluding hydrogens is 190 g/mol. The Labute approximate surface area is 84.9 Å². The molecule has 0 aromatic carbocycles. The van der Waals surface area contributed by atoms with Crippen molar-refractivity contribution in [3.63, 3.8) is 0 Å². The van der Waals surface area contributed by atoms with Crippen molar-refractivity contribution in [1.82, 2.24) is 5.32 Å². The second kappa shape index (κ2) is 4.13. The lowest BCUT2D eigenvalue weighted by Crippen LogP contribution is -2.50. The molecule has 2 fully saturated rings. The van der Waals surface area contributed by atoms with Gasteiger partial charge in [0.05, 0.1) is 12.2 Å². The largest absolute Gasteiger partial charge is 0.389 e. The van der Waals surface area contributed by atoms with E-state index < -0.39 is 12.2 Å². The third kappa shape index (κ3) is 1.84. The van der Waals surface area contributed by atoms with E-state index in [9.17, 15) is 10.2 Å². The molecule has 13 heavy (non-hydrogen) atoms. The van der Waals surface area contributed by atoms with Crippen molar-refractivity contribution in [3.8, 4) is 0 Å². The highest BCUT2D eigenvalue weighted by Gasteiger charge is 2.46. The summed E-state index contributed by atoms with van der Waals surface area (Å²) in [7, 11) is 0. The van der Waals surface area contributed by atoms with E-state index in [0.29, 0.717) is 6.54 Å². The lowest BCUT2D eigenvalue weighted by molar-refractivity contribution is -0.00159. The summed E-state index contributed by atoms with van der Waals surface area (Å²) in [6.45, 7) is 0.557. The Kier molecular flexibility index (Phi) is 3.57. The molecule has 2 atom stereocenters. The van der Waals surface area contributed by atoms with E-state index in [0.717, 1.165) is 12.8 Å². The molecule has 1 spiro atoms. The lowest BCUT2D eigenvalue weighted by Gasteiger charge is -2.36.